The lowest BCUT2D eigenvalue weighted by Gasteiger charge is -2.33. The number of thiocarbonyl (C=S) groups is 1. The van der Waals surface area contributed by atoms with Crippen LogP contribution in [0.15, 0.2) is 77.3 Å². The monoisotopic (exact) mass is 576 g/mol. The summed E-state index contributed by atoms with van der Waals surface area (Å²) in [5.41, 5.74) is 4.92. The normalized spacial score (nSPS) is 19.9. The Morgan fingerprint density at radius 3 is 2.56 bits per heavy atom. The van der Waals surface area contributed by atoms with Crippen LogP contribution in [0.2, 0.25) is 10.0 Å². The van der Waals surface area contributed by atoms with Gasteiger partial charge in [0.05, 0.1) is 22.4 Å². The molecule has 0 bridgehead atoms. The first kappa shape index (κ1) is 26.2. The van der Waals surface area contributed by atoms with Gasteiger partial charge in [-0.3, -0.25) is 4.98 Å². The SMILES string of the molecule is Cc1ccc(Cl)cc1-c1ccc([C@H]2[C@H](c3ccccn3)NC(=S)N2c2ccc(N3CCC(C)CC3)c(Cl)c2)o1. The van der Waals surface area contributed by atoms with E-state index in [9.17, 15) is 0 Å². The van der Waals surface area contributed by atoms with Gasteiger partial charge in [-0.1, -0.05) is 42.3 Å². The number of rotatable bonds is 5. The maximum atomic E-state index is 6.91. The minimum atomic E-state index is -0.265. The van der Waals surface area contributed by atoms with E-state index in [1.54, 1.807) is 6.20 Å². The van der Waals surface area contributed by atoms with Crippen molar-refractivity contribution in [3.05, 3.63) is 100.0 Å². The topological polar surface area (TPSA) is 44.5 Å². The van der Waals surface area contributed by atoms with E-state index >= 15 is 0 Å². The molecule has 0 radical (unpaired) electrons. The fourth-order valence-corrected chi connectivity index (χ4v) is 6.40. The van der Waals surface area contributed by atoms with Crippen molar-refractivity contribution in [2.75, 3.05) is 22.9 Å². The van der Waals surface area contributed by atoms with Gasteiger partial charge in [0.2, 0.25) is 0 Å². The summed E-state index contributed by atoms with van der Waals surface area (Å²) in [5.74, 6) is 2.29. The molecule has 2 aromatic carbocycles. The van der Waals surface area contributed by atoms with Gasteiger partial charge in [-0.05, 0) is 98.1 Å². The average Bonchev–Trinajstić information content (AvgIpc) is 3.56. The van der Waals surface area contributed by atoms with Crippen LogP contribution in [0.3, 0.4) is 0 Å². The highest BCUT2D eigenvalue weighted by atomic mass is 35.5. The molecule has 0 saturated carbocycles. The van der Waals surface area contributed by atoms with E-state index in [-0.39, 0.29) is 12.1 Å². The smallest absolute Gasteiger partial charge is 0.174 e. The van der Waals surface area contributed by atoms with Crippen LogP contribution in [0.25, 0.3) is 11.3 Å². The van der Waals surface area contributed by atoms with Crippen molar-refractivity contribution in [1.29, 1.82) is 0 Å². The average molecular weight is 578 g/mol. The first-order chi connectivity index (χ1) is 18.9. The Labute approximate surface area is 244 Å². The predicted octanol–water partition coefficient (Wildman–Crippen LogP) is 8.37. The highest BCUT2D eigenvalue weighted by molar-refractivity contribution is 7.80. The van der Waals surface area contributed by atoms with Gasteiger partial charge >= 0.3 is 0 Å². The number of hydrogen-bond acceptors (Lipinski definition) is 4. The number of aromatic nitrogens is 1. The predicted molar refractivity (Wildman–Crippen MR) is 164 cm³/mol. The Balaban J connectivity index is 1.39. The summed E-state index contributed by atoms with van der Waals surface area (Å²) in [4.78, 5) is 9.12. The van der Waals surface area contributed by atoms with Crippen LogP contribution in [-0.4, -0.2) is 23.2 Å². The van der Waals surface area contributed by atoms with Crippen LogP contribution in [0.5, 0.6) is 0 Å². The van der Waals surface area contributed by atoms with E-state index in [1.807, 2.05) is 54.6 Å². The summed E-state index contributed by atoms with van der Waals surface area (Å²) in [6.45, 7) is 6.41. The molecule has 0 spiro atoms. The van der Waals surface area contributed by atoms with Crippen LogP contribution in [0.1, 0.15) is 48.9 Å². The van der Waals surface area contributed by atoms with Gasteiger partial charge < -0.3 is 19.5 Å². The second kappa shape index (κ2) is 10.8. The molecular formula is C31H30Cl2N4OS. The van der Waals surface area contributed by atoms with Crippen LogP contribution in [0.4, 0.5) is 11.4 Å². The number of pyridine rings is 1. The van der Waals surface area contributed by atoms with Gasteiger partial charge in [0, 0.05) is 35.6 Å². The standard InChI is InChI=1S/C31H30Cl2N4OS/c1-19-12-15-36(16-13-19)26-9-8-22(18-24(26)33)37-30(29(35-31(37)39)25-5-3-4-14-34-25)28-11-10-27(38-28)23-17-21(32)7-6-20(23)2/h3-11,14,17-19,29-30H,12-13,15-16H2,1-2H3,(H,35,39)/t29-,30-/m0/s1. The molecule has 2 fully saturated rings. The minimum absolute atomic E-state index is 0.208. The third kappa shape index (κ3) is 5.13. The number of halogens is 2. The maximum absolute atomic E-state index is 6.91. The number of benzene rings is 2. The second-order valence-corrected chi connectivity index (χ2v) is 11.7. The third-order valence-electron chi connectivity index (χ3n) is 7.82. The van der Waals surface area contributed by atoms with Gasteiger partial charge in [0.15, 0.2) is 5.11 Å². The van der Waals surface area contributed by atoms with Crippen molar-refractivity contribution < 1.29 is 4.42 Å². The van der Waals surface area contributed by atoms with Crippen molar-refractivity contribution in [2.24, 2.45) is 5.92 Å². The third-order valence-corrected chi connectivity index (χ3v) is 8.67. The first-order valence-corrected chi connectivity index (χ1v) is 14.5. The molecule has 4 heterocycles. The lowest BCUT2D eigenvalue weighted by molar-refractivity contribution is 0.438. The molecule has 39 heavy (non-hydrogen) atoms. The maximum Gasteiger partial charge on any atom is 0.174 e. The number of aryl methyl sites for hydroxylation is 1. The summed E-state index contributed by atoms with van der Waals surface area (Å²) < 4.78 is 6.53. The molecule has 2 saturated heterocycles. The van der Waals surface area contributed by atoms with Gasteiger partial charge in [-0.25, -0.2) is 0 Å². The molecule has 0 aliphatic carbocycles. The second-order valence-electron chi connectivity index (χ2n) is 10.5. The van der Waals surface area contributed by atoms with Crippen LogP contribution in [-0.2, 0) is 0 Å². The van der Waals surface area contributed by atoms with E-state index in [0.29, 0.717) is 10.1 Å². The highest BCUT2D eigenvalue weighted by Crippen LogP contribution is 2.44. The molecule has 4 aromatic rings. The van der Waals surface area contributed by atoms with Crippen LogP contribution < -0.4 is 15.1 Å². The summed E-state index contributed by atoms with van der Waals surface area (Å²) in [6.07, 6.45) is 4.16. The zero-order valence-electron chi connectivity index (χ0n) is 21.9. The van der Waals surface area contributed by atoms with Crippen molar-refractivity contribution in [3.8, 4) is 11.3 Å². The number of nitrogens with zero attached hydrogens (tertiary/aromatic N) is 3. The van der Waals surface area contributed by atoms with Crippen molar-refractivity contribution >= 4 is 51.9 Å². The first-order valence-electron chi connectivity index (χ1n) is 13.3. The lowest BCUT2D eigenvalue weighted by Crippen LogP contribution is -2.33. The zero-order chi connectivity index (χ0) is 27.1. The molecule has 6 rings (SSSR count). The minimum Gasteiger partial charge on any atom is -0.459 e. The number of anilines is 2. The molecule has 5 nitrogen and oxygen atoms in total. The number of piperidine rings is 1. The Hall–Kier alpha value is -3.06. The van der Waals surface area contributed by atoms with Crippen molar-refractivity contribution in [3.63, 3.8) is 0 Å². The zero-order valence-corrected chi connectivity index (χ0v) is 24.2. The summed E-state index contributed by atoms with van der Waals surface area (Å²) in [6, 6.07) is 21.5. The van der Waals surface area contributed by atoms with Crippen molar-refractivity contribution in [1.82, 2.24) is 10.3 Å². The molecule has 2 atom stereocenters. The summed E-state index contributed by atoms with van der Waals surface area (Å²) in [7, 11) is 0. The molecule has 8 heteroatoms. The van der Waals surface area contributed by atoms with Gasteiger partial charge in [0.25, 0.3) is 0 Å². The molecule has 2 aliphatic rings. The fraction of sp³-hybridized carbons (Fsp3) is 0.290. The molecule has 0 unspecified atom stereocenters. The Morgan fingerprint density at radius 2 is 1.82 bits per heavy atom. The van der Waals surface area contributed by atoms with Crippen LogP contribution in [0, 0.1) is 12.8 Å². The Kier molecular flexibility index (Phi) is 7.27. The van der Waals surface area contributed by atoms with Gasteiger partial charge in [-0.15, -0.1) is 0 Å². The van der Waals surface area contributed by atoms with E-state index in [2.05, 4.69) is 46.1 Å². The highest BCUT2D eigenvalue weighted by Gasteiger charge is 2.43. The number of hydrogen-bond donors (Lipinski definition) is 1. The Bertz CT molecular complexity index is 1500. The summed E-state index contributed by atoms with van der Waals surface area (Å²) in [5, 5.41) is 5.49. The molecule has 1 N–H and O–H groups in total. The Morgan fingerprint density at radius 1 is 1.00 bits per heavy atom. The molecular weight excluding hydrogens is 547 g/mol. The molecule has 200 valence electrons. The number of nitrogens with one attached hydrogen (secondary N) is 1. The van der Waals surface area contributed by atoms with Gasteiger partial charge in [0.1, 0.15) is 17.6 Å². The largest absolute Gasteiger partial charge is 0.459 e. The number of furan rings is 1. The summed E-state index contributed by atoms with van der Waals surface area (Å²) >= 11 is 19.1. The van der Waals surface area contributed by atoms with Crippen molar-refractivity contribution in [2.45, 2.75) is 38.8 Å². The van der Waals surface area contributed by atoms with E-state index in [1.165, 1.54) is 12.8 Å². The molecule has 2 aliphatic heterocycles. The lowest BCUT2D eigenvalue weighted by atomic mass is 9.98. The van der Waals surface area contributed by atoms with E-state index in [4.69, 9.17) is 39.8 Å². The van der Waals surface area contributed by atoms with E-state index < -0.39 is 0 Å². The van der Waals surface area contributed by atoms with Gasteiger partial charge in [-0.2, -0.15) is 0 Å². The van der Waals surface area contributed by atoms with E-state index in [0.717, 1.165) is 63.7 Å². The molecule has 2 aromatic heterocycles. The fourth-order valence-electron chi connectivity index (χ4n) is 5.59. The quantitative estimate of drug-likeness (QED) is 0.241. The molecule has 0 amide bonds. The van der Waals surface area contributed by atoms with Crippen LogP contribution >= 0.6 is 35.4 Å².